The van der Waals surface area contributed by atoms with Crippen molar-refractivity contribution in [2.45, 2.75) is 81.7 Å². The molecule has 0 aliphatic carbocycles. The Morgan fingerprint density at radius 2 is 1.52 bits per heavy atom. The number of thioether (sulfide) groups is 1. The van der Waals surface area contributed by atoms with Crippen LogP contribution < -0.4 is 4.74 Å². The molecule has 1 fully saturated rings. The molecule has 1 amide bonds. The van der Waals surface area contributed by atoms with Gasteiger partial charge in [-0.3, -0.25) is 4.90 Å². The molecular formula is C32H32F7NO3S. The second-order valence-corrected chi connectivity index (χ2v) is 12.9. The smallest absolute Gasteiger partial charge is 0.416 e. The molecular weight excluding hydrogens is 611 g/mol. The van der Waals surface area contributed by atoms with Gasteiger partial charge >= 0.3 is 18.4 Å². The van der Waals surface area contributed by atoms with Crippen molar-refractivity contribution in [1.29, 1.82) is 0 Å². The lowest BCUT2D eigenvalue weighted by atomic mass is 9.93. The molecule has 2 atom stereocenters. The van der Waals surface area contributed by atoms with Gasteiger partial charge < -0.3 is 9.47 Å². The van der Waals surface area contributed by atoms with E-state index in [4.69, 9.17) is 9.47 Å². The number of carbonyl (C=O) groups excluding carboxylic acids is 1. The van der Waals surface area contributed by atoms with Crippen LogP contribution in [0, 0.1) is 5.82 Å². The zero-order valence-corrected chi connectivity index (χ0v) is 25.7. The summed E-state index contributed by atoms with van der Waals surface area (Å²) < 4.78 is 107. The number of nitrogens with zero attached hydrogens (tertiary/aromatic N) is 1. The Labute approximate surface area is 255 Å². The fraction of sp³-hybridized carbons (Fsp3) is 0.406. The van der Waals surface area contributed by atoms with E-state index in [0.717, 1.165) is 4.90 Å². The maximum atomic E-state index is 14.8. The first-order valence-corrected chi connectivity index (χ1v) is 14.7. The van der Waals surface area contributed by atoms with E-state index >= 15 is 0 Å². The minimum absolute atomic E-state index is 0.0361. The summed E-state index contributed by atoms with van der Waals surface area (Å²) in [4.78, 5) is 15.3. The summed E-state index contributed by atoms with van der Waals surface area (Å²) >= 11 is 1.56. The van der Waals surface area contributed by atoms with Crippen molar-refractivity contribution in [1.82, 2.24) is 4.90 Å². The van der Waals surface area contributed by atoms with Crippen LogP contribution in [0.2, 0.25) is 0 Å². The predicted octanol–water partition coefficient (Wildman–Crippen LogP) is 10.2. The van der Waals surface area contributed by atoms with Crippen molar-refractivity contribution in [3.8, 4) is 16.9 Å². The minimum Gasteiger partial charge on any atom is -0.496 e. The summed E-state index contributed by atoms with van der Waals surface area (Å²) in [6.07, 6.45) is -12.4. The number of benzene rings is 3. The molecule has 0 aromatic heterocycles. The van der Waals surface area contributed by atoms with E-state index in [2.05, 4.69) is 0 Å². The van der Waals surface area contributed by atoms with Gasteiger partial charge in [0.2, 0.25) is 0 Å². The highest BCUT2D eigenvalue weighted by Gasteiger charge is 2.43. The highest BCUT2D eigenvalue weighted by atomic mass is 32.2. The maximum absolute atomic E-state index is 14.8. The first-order valence-electron chi connectivity index (χ1n) is 13.8. The molecule has 1 heterocycles. The summed E-state index contributed by atoms with van der Waals surface area (Å²) in [6.45, 7) is 9.12. The van der Waals surface area contributed by atoms with Crippen LogP contribution in [-0.2, 0) is 23.6 Å². The van der Waals surface area contributed by atoms with Crippen molar-refractivity contribution in [3.63, 3.8) is 0 Å². The number of alkyl halides is 6. The lowest BCUT2D eigenvalue weighted by Gasteiger charge is -2.24. The molecule has 4 rings (SSSR count). The van der Waals surface area contributed by atoms with E-state index in [1.165, 1.54) is 25.0 Å². The van der Waals surface area contributed by atoms with Gasteiger partial charge in [0.25, 0.3) is 0 Å². The molecule has 3 aromatic carbocycles. The topological polar surface area (TPSA) is 38.8 Å². The lowest BCUT2D eigenvalue weighted by molar-refractivity contribution is -0.143. The minimum atomic E-state index is -5.05. The zero-order chi connectivity index (χ0) is 32.7. The van der Waals surface area contributed by atoms with Crippen LogP contribution in [0.4, 0.5) is 35.5 Å². The number of hydrogen-bond donors (Lipinski definition) is 0. The summed E-state index contributed by atoms with van der Waals surface area (Å²) in [5.41, 5.74) is -1.15. The molecule has 44 heavy (non-hydrogen) atoms. The van der Waals surface area contributed by atoms with Crippen LogP contribution in [0.15, 0.2) is 53.4 Å². The number of hydrogen-bond acceptors (Lipinski definition) is 4. The number of rotatable bonds is 8. The van der Waals surface area contributed by atoms with Crippen molar-refractivity contribution in [3.05, 3.63) is 82.2 Å². The van der Waals surface area contributed by atoms with Gasteiger partial charge in [0, 0.05) is 21.8 Å². The predicted molar refractivity (Wildman–Crippen MR) is 154 cm³/mol. The lowest BCUT2D eigenvalue weighted by Crippen LogP contribution is -2.31. The molecule has 0 bridgehead atoms. The Morgan fingerprint density at radius 1 is 0.909 bits per heavy atom. The molecule has 3 aromatic rings. The van der Waals surface area contributed by atoms with Gasteiger partial charge in [-0.2, -0.15) is 26.3 Å². The van der Waals surface area contributed by atoms with E-state index in [-0.39, 0.29) is 29.5 Å². The van der Waals surface area contributed by atoms with Crippen LogP contribution in [0.3, 0.4) is 0 Å². The zero-order valence-electron chi connectivity index (χ0n) is 24.9. The molecule has 0 N–H and O–H groups in total. The Bertz CT molecular complexity index is 1500. The average molecular weight is 644 g/mol. The normalized spacial score (nSPS) is 17.5. The first kappa shape index (κ1) is 33.5. The van der Waals surface area contributed by atoms with Gasteiger partial charge in [-0.1, -0.05) is 33.8 Å². The first-order chi connectivity index (χ1) is 20.4. The van der Waals surface area contributed by atoms with Crippen LogP contribution in [0.25, 0.3) is 11.1 Å². The molecule has 0 unspecified atom stereocenters. The van der Waals surface area contributed by atoms with Gasteiger partial charge in [-0.25, -0.2) is 9.18 Å². The van der Waals surface area contributed by atoms with Gasteiger partial charge in [0.05, 0.1) is 30.8 Å². The molecule has 1 aliphatic heterocycles. The Balaban J connectivity index is 1.79. The molecule has 4 nitrogen and oxygen atoms in total. The van der Waals surface area contributed by atoms with E-state index in [9.17, 15) is 35.5 Å². The highest BCUT2D eigenvalue weighted by molar-refractivity contribution is 7.99. The second kappa shape index (κ2) is 12.5. The standard InChI is InChI=1S/C32H32F7NO3S/c1-16(2)25-13-26(28(42-6)14-27(25)33)24-8-7-23(44-17(3)4)11-20(24)15-40-18(5)29(43-30(40)41)19-9-21(31(34,35)36)12-22(10-19)32(37,38)39/h7-14,16-18,29H,15H2,1-6H3/t18-,29-/m0/s1. The molecule has 1 aliphatic rings. The summed E-state index contributed by atoms with van der Waals surface area (Å²) in [5.74, 6) is -0.328. The van der Waals surface area contributed by atoms with Crippen molar-refractivity contribution >= 4 is 17.9 Å². The molecule has 238 valence electrons. The number of halogens is 7. The fourth-order valence-corrected chi connectivity index (χ4v) is 6.09. The summed E-state index contributed by atoms with van der Waals surface area (Å²) in [5, 5.41) is 0.213. The third-order valence-corrected chi connectivity index (χ3v) is 8.35. The number of amides is 1. The SMILES string of the molecule is COc1cc(F)c(C(C)C)cc1-c1ccc(SC(C)C)cc1CN1C(=O)O[C@H](c2cc(C(F)(F)F)cc(C(F)(F)F)c2)[C@@H]1C. The van der Waals surface area contributed by atoms with E-state index in [1.807, 2.05) is 45.9 Å². The van der Waals surface area contributed by atoms with Gasteiger partial charge in [-0.15, -0.1) is 11.8 Å². The Morgan fingerprint density at radius 3 is 2.05 bits per heavy atom. The molecule has 0 radical (unpaired) electrons. The quantitative estimate of drug-likeness (QED) is 0.181. The van der Waals surface area contributed by atoms with Crippen LogP contribution in [0.1, 0.15) is 74.5 Å². The van der Waals surface area contributed by atoms with E-state index < -0.39 is 53.1 Å². The number of methoxy groups -OCH3 is 1. The number of cyclic esters (lactones) is 1. The third kappa shape index (κ3) is 7.11. The van der Waals surface area contributed by atoms with Crippen LogP contribution in [0.5, 0.6) is 5.75 Å². The van der Waals surface area contributed by atoms with Gasteiger partial charge in [-0.05, 0) is 71.5 Å². The monoisotopic (exact) mass is 643 g/mol. The van der Waals surface area contributed by atoms with E-state index in [1.54, 1.807) is 17.8 Å². The van der Waals surface area contributed by atoms with Crippen molar-refractivity contribution in [2.24, 2.45) is 0 Å². The molecule has 0 spiro atoms. The molecule has 0 saturated carbocycles. The summed E-state index contributed by atoms with van der Waals surface area (Å²) in [6, 6.07) is 8.81. The van der Waals surface area contributed by atoms with Crippen molar-refractivity contribution in [2.75, 3.05) is 7.11 Å². The Hall–Kier alpha value is -3.41. The number of ether oxygens (including phenoxy) is 2. The summed E-state index contributed by atoms with van der Waals surface area (Å²) in [7, 11) is 1.41. The van der Waals surface area contributed by atoms with Crippen LogP contribution in [-0.4, -0.2) is 29.4 Å². The average Bonchev–Trinajstić information content (AvgIpc) is 3.20. The maximum Gasteiger partial charge on any atom is 0.416 e. The van der Waals surface area contributed by atoms with Crippen molar-refractivity contribution < 1.29 is 45.0 Å². The van der Waals surface area contributed by atoms with E-state index in [0.29, 0.717) is 34.4 Å². The Kier molecular flexibility index (Phi) is 9.54. The third-order valence-electron chi connectivity index (χ3n) is 7.35. The second-order valence-electron chi connectivity index (χ2n) is 11.2. The molecule has 12 heteroatoms. The van der Waals surface area contributed by atoms with Gasteiger partial charge in [0.15, 0.2) is 0 Å². The number of carbonyl (C=O) groups is 1. The largest absolute Gasteiger partial charge is 0.496 e. The highest BCUT2D eigenvalue weighted by Crippen LogP contribution is 2.43. The molecule has 1 saturated heterocycles. The fourth-order valence-electron chi connectivity index (χ4n) is 5.19. The van der Waals surface area contributed by atoms with Crippen LogP contribution >= 0.6 is 11.8 Å². The van der Waals surface area contributed by atoms with Gasteiger partial charge in [0.1, 0.15) is 17.7 Å².